The van der Waals surface area contributed by atoms with Crippen LogP contribution in [0.15, 0.2) is 29.3 Å². The van der Waals surface area contributed by atoms with Crippen molar-refractivity contribution >= 4 is 5.96 Å². The van der Waals surface area contributed by atoms with Gasteiger partial charge in [0.2, 0.25) is 0 Å². The molecule has 4 nitrogen and oxygen atoms in total. The number of aliphatic imine (C=N–C) groups is 1. The molecule has 118 valence electrons. The third kappa shape index (κ3) is 7.71. The molecule has 21 heavy (non-hydrogen) atoms. The lowest BCUT2D eigenvalue weighted by Gasteiger charge is -2.11. The average molecular weight is 291 g/mol. The van der Waals surface area contributed by atoms with Gasteiger partial charge in [0.05, 0.1) is 6.54 Å². The number of rotatable bonds is 9. The molecule has 0 aliphatic heterocycles. The lowest BCUT2D eigenvalue weighted by Crippen LogP contribution is -2.37. The fourth-order valence-corrected chi connectivity index (χ4v) is 2.05. The minimum absolute atomic E-state index is 0.714. The molecule has 0 aromatic heterocycles. The van der Waals surface area contributed by atoms with Crippen LogP contribution in [0.2, 0.25) is 0 Å². The lowest BCUT2D eigenvalue weighted by molar-refractivity contribution is 0.192. The Morgan fingerprint density at radius 2 is 1.95 bits per heavy atom. The van der Waals surface area contributed by atoms with E-state index in [1.807, 2.05) is 0 Å². The molecule has 1 aromatic rings. The number of guanidine groups is 1. The first-order chi connectivity index (χ1) is 10.3. The number of hydrogen-bond donors (Lipinski definition) is 2. The van der Waals surface area contributed by atoms with Crippen LogP contribution in [0.5, 0.6) is 0 Å². The highest BCUT2D eigenvalue weighted by atomic mass is 16.5. The molecule has 0 spiro atoms. The maximum absolute atomic E-state index is 5.05. The first-order valence-corrected chi connectivity index (χ1v) is 7.83. The quantitative estimate of drug-likeness (QED) is 0.418. The Kier molecular flexibility index (Phi) is 9.29. The smallest absolute Gasteiger partial charge is 0.191 e. The van der Waals surface area contributed by atoms with Gasteiger partial charge in [-0.1, -0.05) is 24.3 Å². The number of ether oxygens (including phenoxy) is 1. The second kappa shape index (κ2) is 11.1. The van der Waals surface area contributed by atoms with E-state index in [-0.39, 0.29) is 0 Å². The molecule has 0 unspecified atom stereocenters. The highest BCUT2D eigenvalue weighted by molar-refractivity contribution is 5.79. The molecule has 1 rings (SSSR count). The third-order valence-corrected chi connectivity index (χ3v) is 3.33. The van der Waals surface area contributed by atoms with Gasteiger partial charge in [-0.2, -0.15) is 0 Å². The molecule has 0 saturated carbocycles. The van der Waals surface area contributed by atoms with Gasteiger partial charge in [0.25, 0.3) is 0 Å². The molecule has 0 aliphatic carbocycles. The van der Waals surface area contributed by atoms with E-state index < -0.39 is 0 Å². The van der Waals surface area contributed by atoms with Crippen LogP contribution in [-0.4, -0.2) is 32.8 Å². The van der Waals surface area contributed by atoms with Crippen molar-refractivity contribution in [2.45, 2.75) is 39.7 Å². The molecule has 4 heteroatoms. The van der Waals surface area contributed by atoms with Gasteiger partial charge in [-0.3, -0.25) is 0 Å². The largest absolute Gasteiger partial charge is 0.385 e. The van der Waals surface area contributed by atoms with E-state index in [2.05, 4.69) is 53.7 Å². The van der Waals surface area contributed by atoms with Crippen molar-refractivity contribution in [1.82, 2.24) is 10.6 Å². The number of methoxy groups -OCH3 is 1. The molecular formula is C17H29N3O. The van der Waals surface area contributed by atoms with E-state index in [9.17, 15) is 0 Å². The van der Waals surface area contributed by atoms with Crippen LogP contribution in [0, 0.1) is 6.92 Å². The van der Waals surface area contributed by atoms with Gasteiger partial charge in [0, 0.05) is 26.8 Å². The van der Waals surface area contributed by atoms with E-state index >= 15 is 0 Å². The van der Waals surface area contributed by atoms with Crippen molar-refractivity contribution in [3.8, 4) is 0 Å². The standard InChI is InChI=1S/C17H29N3O/c1-4-18-17(19-12-8-5-9-13-21-3)20-14-16-11-7-6-10-15(16)2/h6-7,10-11H,4-5,8-9,12-14H2,1-3H3,(H2,18,19,20). The molecule has 0 amide bonds. The van der Waals surface area contributed by atoms with Crippen molar-refractivity contribution < 1.29 is 4.74 Å². The normalized spacial score (nSPS) is 11.5. The predicted octanol–water partition coefficient (Wildman–Crippen LogP) is 2.87. The van der Waals surface area contributed by atoms with E-state index in [4.69, 9.17) is 4.74 Å². The summed E-state index contributed by atoms with van der Waals surface area (Å²) in [5.74, 6) is 0.896. The molecule has 2 N–H and O–H groups in total. The summed E-state index contributed by atoms with van der Waals surface area (Å²) >= 11 is 0. The molecule has 0 fully saturated rings. The van der Waals surface area contributed by atoms with E-state index in [1.165, 1.54) is 17.5 Å². The highest BCUT2D eigenvalue weighted by Crippen LogP contribution is 2.07. The second-order valence-electron chi connectivity index (χ2n) is 5.10. The summed E-state index contributed by atoms with van der Waals surface area (Å²) in [6.07, 6.45) is 3.44. The van der Waals surface area contributed by atoms with Gasteiger partial charge in [-0.25, -0.2) is 4.99 Å². The molecular weight excluding hydrogens is 262 g/mol. The maximum atomic E-state index is 5.05. The van der Waals surface area contributed by atoms with Crippen LogP contribution in [0.3, 0.4) is 0 Å². The van der Waals surface area contributed by atoms with Crippen molar-refractivity contribution in [2.75, 3.05) is 26.8 Å². The predicted molar refractivity (Wildman–Crippen MR) is 89.7 cm³/mol. The highest BCUT2D eigenvalue weighted by Gasteiger charge is 1.99. The zero-order valence-corrected chi connectivity index (χ0v) is 13.6. The molecule has 0 radical (unpaired) electrons. The van der Waals surface area contributed by atoms with Gasteiger partial charge >= 0.3 is 0 Å². The summed E-state index contributed by atoms with van der Waals surface area (Å²) in [7, 11) is 1.75. The zero-order valence-electron chi connectivity index (χ0n) is 13.6. The van der Waals surface area contributed by atoms with Gasteiger partial charge in [0.15, 0.2) is 5.96 Å². The van der Waals surface area contributed by atoms with Crippen molar-refractivity contribution in [1.29, 1.82) is 0 Å². The topological polar surface area (TPSA) is 45.7 Å². The van der Waals surface area contributed by atoms with E-state index in [0.29, 0.717) is 6.54 Å². The lowest BCUT2D eigenvalue weighted by atomic mass is 10.1. The Morgan fingerprint density at radius 1 is 1.14 bits per heavy atom. The van der Waals surface area contributed by atoms with Crippen LogP contribution in [0.25, 0.3) is 0 Å². The maximum Gasteiger partial charge on any atom is 0.191 e. The Hall–Kier alpha value is -1.55. The van der Waals surface area contributed by atoms with Gasteiger partial charge in [-0.05, 0) is 44.2 Å². The zero-order chi connectivity index (χ0) is 15.3. The molecule has 0 heterocycles. The fraction of sp³-hybridized carbons (Fsp3) is 0.588. The SMILES string of the molecule is CCNC(=NCc1ccccc1C)NCCCCCOC. The van der Waals surface area contributed by atoms with Crippen LogP contribution in [0.4, 0.5) is 0 Å². The molecule has 0 saturated heterocycles. The van der Waals surface area contributed by atoms with Crippen LogP contribution in [-0.2, 0) is 11.3 Å². The first-order valence-electron chi connectivity index (χ1n) is 7.83. The van der Waals surface area contributed by atoms with Crippen LogP contribution >= 0.6 is 0 Å². The summed E-state index contributed by atoms with van der Waals surface area (Å²) in [4.78, 5) is 4.65. The van der Waals surface area contributed by atoms with E-state index in [0.717, 1.165) is 38.5 Å². The van der Waals surface area contributed by atoms with Gasteiger partial charge in [0.1, 0.15) is 0 Å². The monoisotopic (exact) mass is 291 g/mol. The summed E-state index contributed by atoms with van der Waals surface area (Å²) < 4.78 is 5.05. The minimum Gasteiger partial charge on any atom is -0.385 e. The summed E-state index contributed by atoms with van der Waals surface area (Å²) in [5.41, 5.74) is 2.56. The van der Waals surface area contributed by atoms with Crippen LogP contribution < -0.4 is 10.6 Å². The minimum atomic E-state index is 0.714. The van der Waals surface area contributed by atoms with Crippen LogP contribution in [0.1, 0.15) is 37.3 Å². The van der Waals surface area contributed by atoms with Crippen molar-refractivity contribution in [3.05, 3.63) is 35.4 Å². The Balaban J connectivity index is 2.38. The Labute approximate surface area is 129 Å². The number of aryl methyl sites for hydroxylation is 1. The number of nitrogens with one attached hydrogen (secondary N) is 2. The summed E-state index contributed by atoms with van der Waals surface area (Å²) in [6.45, 7) is 7.60. The average Bonchev–Trinajstić information content (AvgIpc) is 2.49. The Bertz CT molecular complexity index is 418. The van der Waals surface area contributed by atoms with E-state index in [1.54, 1.807) is 7.11 Å². The molecule has 0 bridgehead atoms. The molecule has 0 atom stereocenters. The van der Waals surface area contributed by atoms with Crippen molar-refractivity contribution in [2.24, 2.45) is 4.99 Å². The first kappa shape index (κ1) is 17.5. The Morgan fingerprint density at radius 3 is 2.67 bits per heavy atom. The fourth-order valence-electron chi connectivity index (χ4n) is 2.05. The second-order valence-corrected chi connectivity index (χ2v) is 5.10. The van der Waals surface area contributed by atoms with Gasteiger partial charge in [-0.15, -0.1) is 0 Å². The third-order valence-electron chi connectivity index (χ3n) is 3.33. The number of nitrogens with zero attached hydrogens (tertiary/aromatic N) is 1. The molecule has 0 aliphatic rings. The number of unbranched alkanes of at least 4 members (excludes halogenated alkanes) is 2. The summed E-state index contributed by atoms with van der Waals surface area (Å²) in [5, 5.41) is 6.67. The summed E-state index contributed by atoms with van der Waals surface area (Å²) in [6, 6.07) is 8.38. The number of hydrogen-bond acceptors (Lipinski definition) is 2. The van der Waals surface area contributed by atoms with Gasteiger partial charge < -0.3 is 15.4 Å². The molecule has 1 aromatic carbocycles. The van der Waals surface area contributed by atoms with Crippen molar-refractivity contribution in [3.63, 3.8) is 0 Å². The number of benzene rings is 1.